The minimum atomic E-state index is -0.568. The first-order valence-electron chi connectivity index (χ1n) is 5.28. The van der Waals surface area contributed by atoms with E-state index in [0.29, 0.717) is 18.9 Å². The second-order valence-electron chi connectivity index (χ2n) is 3.46. The van der Waals surface area contributed by atoms with Crippen molar-refractivity contribution in [2.45, 2.75) is 12.5 Å². The van der Waals surface area contributed by atoms with Crippen LogP contribution in [-0.4, -0.2) is 48.5 Å². The molecule has 1 atom stereocenters. The van der Waals surface area contributed by atoms with Gasteiger partial charge in [0.05, 0.1) is 18.9 Å². The molecule has 0 spiro atoms. The Hall–Kier alpha value is -1.47. The largest absolute Gasteiger partial charge is 0.391 e. The maximum Gasteiger partial charge on any atom is 0.224 e. The van der Waals surface area contributed by atoms with E-state index in [1.165, 1.54) is 7.11 Å². The lowest BCUT2D eigenvalue weighted by atomic mass is 10.2. The molecule has 0 aliphatic rings. The molecular formula is C10H17FN4O2. The van der Waals surface area contributed by atoms with Gasteiger partial charge >= 0.3 is 0 Å². The van der Waals surface area contributed by atoms with Crippen molar-refractivity contribution in [3.63, 3.8) is 0 Å². The zero-order chi connectivity index (χ0) is 12.7. The van der Waals surface area contributed by atoms with E-state index < -0.39 is 11.9 Å². The standard InChI is InChI=1S/C10H17FN4O2/c1-12-10-14-5-8(11)9(15-10)13-4-3-7(16)6-17-2/h5,7,16H,3-4,6H2,1-2H3,(H2,12,13,14,15). The smallest absolute Gasteiger partial charge is 0.224 e. The maximum atomic E-state index is 13.3. The first-order valence-corrected chi connectivity index (χ1v) is 5.28. The monoisotopic (exact) mass is 244 g/mol. The summed E-state index contributed by atoms with van der Waals surface area (Å²) < 4.78 is 18.1. The molecule has 0 bridgehead atoms. The number of ether oxygens (including phenoxy) is 1. The minimum Gasteiger partial charge on any atom is -0.391 e. The molecule has 1 heterocycles. The Morgan fingerprint density at radius 2 is 2.35 bits per heavy atom. The summed E-state index contributed by atoms with van der Waals surface area (Å²) in [5, 5.41) is 14.9. The van der Waals surface area contributed by atoms with Gasteiger partial charge in [-0.3, -0.25) is 0 Å². The molecule has 0 aliphatic heterocycles. The Bertz CT molecular complexity index is 351. The third-order valence-electron chi connectivity index (χ3n) is 2.10. The van der Waals surface area contributed by atoms with Crippen molar-refractivity contribution >= 4 is 11.8 Å². The molecule has 0 aliphatic carbocycles. The Morgan fingerprint density at radius 1 is 1.59 bits per heavy atom. The molecule has 0 radical (unpaired) electrons. The van der Waals surface area contributed by atoms with Crippen LogP contribution in [0, 0.1) is 5.82 Å². The summed E-state index contributed by atoms with van der Waals surface area (Å²) in [6, 6.07) is 0. The van der Waals surface area contributed by atoms with Crippen LogP contribution in [0.5, 0.6) is 0 Å². The molecule has 0 amide bonds. The molecule has 1 unspecified atom stereocenters. The fourth-order valence-electron chi connectivity index (χ4n) is 1.24. The number of anilines is 2. The molecule has 7 heteroatoms. The van der Waals surface area contributed by atoms with E-state index in [9.17, 15) is 9.50 Å². The number of aliphatic hydroxyl groups excluding tert-OH is 1. The summed E-state index contributed by atoms with van der Waals surface area (Å²) in [5.74, 6) is -0.0643. The van der Waals surface area contributed by atoms with Crippen LogP contribution in [0.2, 0.25) is 0 Å². The van der Waals surface area contributed by atoms with Gasteiger partial charge in [-0.05, 0) is 6.42 Å². The lowest BCUT2D eigenvalue weighted by Gasteiger charge is -2.11. The van der Waals surface area contributed by atoms with Gasteiger partial charge in [0.15, 0.2) is 11.6 Å². The number of rotatable bonds is 7. The Balaban J connectivity index is 2.45. The number of nitrogens with zero attached hydrogens (tertiary/aromatic N) is 2. The molecule has 0 saturated carbocycles. The van der Waals surface area contributed by atoms with Gasteiger partial charge in [-0.1, -0.05) is 0 Å². The molecule has 3 N–H and O–H groups in total. The van der Waals surface area contributed by atoms with Gasteiger partial charge < -0.3 is 20.5 Å². The summed E-state index contributed by atoms with van der Waals surface area (Å²) in [4.78, 5) is 7.64. The third-order valence-corrected chi connectivity index (χ3v) is 2.10. The summed E-state index contributed by atoms with van der Waals surface area (Å²) in [5.41, 5.74) is 0. The molecule has 1 rings (SSSR count). The van der Waals surface area contributed by atoms with E-state index in [4.69, 9.17) is 4.74 Å². The predicted molar refractivity (Wildman–Crippen MR) is 62.5 cm³/mol. The Morgan fingerprint density at radius 3 is 3.00 bits per heavy atom. The number of nitrogens with one attached hydrogen (secondary N) is 2. The van der Waals surface area contributed by atoms with E-state index in [0.717, 1.165) is 6.20 Å². The molecule has 96 valence electrons. The quantitative estimate of drug-likeness (QED) is 0.647. The molecule has 17 heavy (non-hydrogen) atoms. The highest BCUT2D eigenvalue weighted by Gasteiger charge is 2.07. The van der Waals surface area contributed by atoms with Crippen molar-refractivity contribution in [3.05, 3.63) is 12.0 Å². The van der Waals surface area contributed by atoms with Crippen LogP contribution in [0.25, 0.3) is 0 Å². The highest BCUT2D eigenvalue weighted by molar-refractivity contribution is 5.40. The van der Waals surface area contributed by atoms with Crippen molar-refractivity contribution < 1.29 is 14.2 Å². The van der Waals surface area contributed by atoms with Crippen molar-refractivity contribution in [2.24, 2.45) is 0 Å². The second-order valence-corrected chi connectivity index (χ2v) is 3.46. The van der Waals surface area contributed by atoms with Gasteiger partial charge in [-0.2, -0.15) is 4.98 Å². The van der Waals surface area contributed by atoms with Crippen LogP contribution in [0.1, 0.15) is 6.42 Å². The Labute approximate surface area is 99.2 Å². The maximum absolute atomic E-state index is 13.3. The number of methoxy groups -OCH3 is 1. The van der Waals surface area contributed by atoms with E-state index >= 15 is 0 Å². The average Bonchev–Trinajstić information content (AvgIpc) is 2.32. The van der Waals surface area contributed by atoms with Gasteiger partial charge in [0, 0.05) is 20.7 Å². The van der Waals surface area contributed by atoms with Crippen LogP contribution in [0.4, 0.5) is 16.2 Å². The fraction of sp³-hybridized carbons (Fsp3) is 0.600. The zero-order valence-corrected chi connectivity index (χ0v) is 9.90. The molecule has 1 aromatic rings. The van der Waals surface area contributed by atoms with Crippen molar-refractivity contribution in [1.82, 2.24) is 9.97 Å². The number of halogens is 1. The van der Waals surface area contributed by atoms with Gasteiger partial charge in [0.1, 0.15) is 0 Å². The second kappa shape index (κ2) is 6.97. The lowest BCUT2D eigenvalue weighted by molar-refractivity contribution is 0.0615. The Kier molecular flexibility index (Phi) is 5.58. The van der Waals surface area contributed by atoms with E-state index in [-0.39, 0.29) is 12.4 Å². The first kappa shape index (κ1) is 13.6. The van der Waals surface area contributed by atoms with Gasteiger partial charge in [0.25, 0.3) is 0 Å². The summed E-state index contributed by atoms with van der Waals surface area (Å²) in [6.07, 6.45) is 0.972. The van der Waals surface area contributed by atoms with E-state index in [1.54, 1.807) is 7.05 Å². The topological polar surface area (TPSA) is 79.3 Å². The van der Waals surface area contributed by atoms with Crippen molar-refractivity contribution in [1.29, 1.82) is 0 Å². The number of aromatic nitrogens is 2. The minimum absolute atomic E-state index is 0.119. The van der Waals surface area contributed by atoms with Crippen LogP contribution >= 0.6 is 0 Å². The summed E-state index contributed by atoms with van der Waals surface area (Å²) in [7, 11) is 3.17. The molecular weight excluding hydrogens is 227 g/mol. The van der Waals surface area contributed by atoms with Crippen LogP contribution < -0.4 is 10.6 Å². The molecule has 1 aromatic heterocycles. The number of aliphatic hydroxyl groups is 1. The first-order chi connectivity index (χ1) is 8.17. The molecule has 0 saturated heterocycles. The van der Waals surface area contributed by atoms with Gasteiger partial charge in [0.2, 0.25) is 5.95 Å². The van der Waals surface area contributed by atoms with Gasteiger partial charge in [-0.15, -0.1) is 0 Å². The summed E-state index contributed by atoms with van der Waals surface area (Å²) >= 11 is 0. The number of hydrogen-bond donors (Lipinski definition) is 3. The van der Waals surface area contributed by atoms with E-state index in [2.05, 4.69) is 20.6 Å². The fourth-order valence-corrected chi connectivity index (χ4v) is 1.24. The van der Waals surface area contributed by atoms with Crippen molar-refractivity contribution in [3.8, 4) is 0 Å². The van der Waals surface area contributed by atoms with Gasteiger partial charge in [-0.25, -0.2) is 9.37 Å². The average molecular weight is 244 g/mol. The molecule has 6 nitrogen and oxygen atoms in total. The third kappa shape index (κ3) is 4.49. The highest BCUT2D eigenvalue weighted by atomic mass is 19.1. The predicted octanol–water partition coefficient (Wildman–Crippen LogP) is 0.467. The normalized spacial score (nSPS) is 12.2. The highest BCUT2D eigenvalue weighted by Crippen LogP contribution is 2.11. The zero-order valence-electron chi connectivity index (χ0n) is 9.90. The summed E-state index contributed by atoms with van der Waals surface area (Å²) in [6.45, 7) is 0.664. The van der Waals surface area contributed by atoms with Crippen LogP contribution in [-0.2, 0) is 4.74 Å². The van der Waals surface area contributed by atoms with Crippen LogP contribution in [0.3, 0.4) is 0 Å². The number of hydrogen-bond acceptors (Lipinski definition) is 6. The molecule has 0 fully saturated rings. The van der Waals surface area contributed by atoms with Crippen LogP contribution in [0.15, 0.2) is 6.20 Å². The van der Waals surface area contributed by atoms with Crippen molar-refractivity contribution in [2.75, 3.05) is 37.9 Å². The SMILES string of the molecule is CNc1ncc(F)c(NCCC(O)COC)n1. The molecule has 0 aromatic carbocycles. The van der Waals surface area contributed by atoms with E-state index in [1.807, 2.05) is 0 Å². The lowest BCUT2D eigenvalue weighted by Crippen LogP contribution is -2.19.